The molecular formula is C22H22F2N4OS. The van der Waals surface area contributed by atoms with Gasteiger partial charge < -0.3 is 11.1 Å². The van der Waals surface area contributed by atoms with Crippen LogP contribution in [0.5, 0.6) is 0 Å². The van der Waals surface area contributed by atoms with Gasteiger partial charge in [0.25, 0.3) is 5.92 Å². The Labute approximate surface area is 177 Å². The number of carbonyl (C=O) groups is 1. The van der Waals surface area contributed by atoms with E-state index in [1.54, 1.807) is 12.1 Å². The zero-order chi connectivity index (χ0) is 21.8. The van der Waals surface area contributed by atoms with Gasteiger partial charge >= 0.3 is 0 Å². The number of nitrogen functional groups attached to an aromatic ring is 1. The lowest BCUT2D eigenvalue weighted by Gasteiger charge is -2.46. The Bertz CT molecular complexity index is 1150. The van der Waals surface area contributed by atoms with Crippen molar-refractivity contribution in [2.75, 3.05) is 12.8 Å². The second kappa shape index (κ2) is 6.77. The summed E-state index contributed by atoms with van der Waals surface area (Å²) in [5.41, 5.74) is 7.07. The molecule has 0 bridgehead atoms. The summed E-state index contributed by atoms with van der Waals surface area (Å²) in [5, 5.41) is 14.2. The van der Waals surface area contributed by atoms with Crippen molar-refractivity contribution in [2.45, 2.75) is 31.2 Å². The minimum absolute atomic E-state index is 0.0196. The second-order valence-corrected chi connectivity index (χ2v) is 8.83. The number of nitrogens with one attached hydrogen (secondary N) is 2. The van der Waals surface area contributed by atoms with Crippen molar-refractivity contribution in [3.63, 3.8) is 0 Å². The predicted octanol–water partition coefficient (Wildman–Crippen LogP) is 4.59. The van der Waals surface area contributed by atoms with Crippen molar-refractivity contribution in [3.8, 4) is 0 Å². The largest absolute Gasteiger partial charge is 0.398 e. The minimum atomic E-state index is -2.96. The number of fused-ring (bicyclic) bond motifs is 1. The number of thiophene rings is 1. The van der Waals surface area contributed by atoms with Crippen molar-refractivity contribution in [1.82, 2.24) is 10.2 Å². The molecule has 1 aliphatic heterocycles. The summed E-state index contributed by atoms with van der Waals surface area (Å²) in [5.74, 6) is -3.98. The Kier molecular flexibility index (Phi) is 4.58. The Morgan fingerprint density at radius 1 is 1.23 bits per heavy atom. The number of carbonyl (C=O) groups excluding carboxylic acids is 1. The molecule has 4 N–H and O–H groups in total. The molecule has 0 radical (unpaired) electrons. The number of nitrogens with two attached hydrogens (primary N) is 1. The average Bonchev–Trinajstić information content (AvgIpc) is 3.06. The van der Waals surface area contributed by atoms with Crippen molar-refractivity contribution in [3.05, 3.63) is 64.5 Å². The van der Waals surface area contributed by atoms with Crippen LogP contribution in [-0.2, 0) is 16.3 Å². The van der Waals surface area contributed by atoms with Gasteiger partial charge in [-0.1, -0.05) is 30.3 Å². The molecule has 30 heavy (non-hydrogen) atoms. The Morgan fingerprint density at radius 3 is 2.53 bits per heavy atom. The lowest BCUT2D eigenvalue weighted by molar-refractivity contribution is -0.131. The third kappa shape index (κ3) is 3.11. The van der Waals surface area contributed by atoms with Crippen LogP contribution in [-0.4, -0.2) is 23.8 Å². The molecule has 1 fully saturated rings. The first kappa shape index (κ1) is 20.3. The van der Waals surface area contributed by atoms with Gasteiger partial charge in [0.15, 0.2) is 5.96 Å². The van der Waals surface area contributed by atoms with Crippen LogP contribution < -0.4 is 11.1 Å². The number of rotatable bonds is 3. The first-order chi connectivity index (χ1) is 14.0. The first-order valence-electron chi connectivity index (χ1n) is 9.42. The van der Waals surface area contributed by atoms with Crippen molar-refractivity contribution in [1.29, 1.82) is 5.41 Å². The van der Waals surface area contributed by atoms with Crippen molar-refractivity contribution in [2.24, 2.45) is 0 Å². The zero-order valence-corrected chi connectivity index (χ0v) is 17.6. The van der Waals surface area contributed by atoms with Gasteiger partial charge in [0.1, 0.15) is 0 Å². The van der Waals surface area contributed by atoms with E-state index in [4.69, 9.17) is 11.1 Å². The summed E-state index contributed by atoms with van der Waals surface area (Å²) in [6.45, 7) is 2.69. The van der Waals surface area contributed by atoms with Crippen molar-refractivity contribution >= 4 is 39.0 Å². The molecule has 2 atom stereocenters. The number of halogens is 2. The summed E-state index contributed by atoms with van der Waals surface area (Å²) in [6.07, 6.45) is 0. The molecule has 0 aliphatic carbocycles. The van der Waals surface area contributed by atoms with Gasteiger partial charge in [0.05, 0.1) is 17.1 Å². The molecule has 2 heterocycles. The Balaban J connectivity index is 1.86. The number of guanidine groups is 1. The molecule has 1 unspecified atom stereocenters. The predicted molar refractivity (Wildman–Crippen MR) is 116 cm³/mol. The maximum Gasteiger partial charge on any atom is 0.270 e. The molecule has 4 rings (SSSR count). The van der Waals surface area contributed by atoms with Gasteiger partial charge in [-0.2, -0.15) is 0 Å². The summed E-state index contributed by atoms with van der Waals surface area (Å²) < 4.78 is 28.4. The highest BCUT2D eigenvalue weighted by atomic mass is 32.1. The van der Waals surface area contributed by atoms with Gasteiger partial charge in [0.2, 0.25) is 5.91 Å². The van der Waals surface area contributed by atoms with Gasteiger partial charge in [-0.05, 0) is 30.2 Å². The molecular weight excluding hydrogens is 406 g/mol. The van der Waals surface area contributed by atoms with Crippen LogP contribution in [0.3, 0.4) is 0 Å². The summed E-state index contributed by atoms with van der Waals surface area (Å²) in [4.78, 5) is 14.5. The lowest BCUT2D eigenvalue weighted by atomic mass is 9.73. The fourth-order valence-electron chi connectivity index (χ4n) is 4.01. The highest BCUT2D eigenvalue weighted by Crippen LogP contribution is 2.43. The van der Waals surface area contributed by atoms with E-state index in [2.05, 4.69) is 5.32 Å². The number of anilines is 1. The number of amides is 1. The van der Waals surface area contributed by atoms with E-state index < -0.39 is 17.4 Å². The molecule has 1 aliphatic rings. The van der Waals surface area contributed by atoms with Crippen LogP contribution in [0.2, 0.25) is 0 Å². The van der Waals surface area contributed by atoms with Crippen LogP contribution in [0.15, 0.2) is 47.8 Å². The Hall–Kier alpha value is -3.00. The summed E-state index contributed by atoms with van der Waals surface area (Å²) in [6, 6.07) is 11.6. The summed E-state index contributed by atoms with van der Waals surface area (Å²) >= 11 is 1.54. The van der Waals surface area contributed by atoms with Gasteiger partial charge in [-0.15, -0.1) is 11.3 Å². The average molecular weight is 429 g/mol. The minimum Gasteiger partial charge on any atom is -0.398 e. The first-order valence-corrected chi connectivity index (χ1v) is 10.3. The number of hydrogen-bond acceptors (Lipinski definition) is 4. The Morgan fingerprint density at radius 2 is 1.90 bits per heavy atom. The van der Waals surface area contributed by atoms with Crippen LogP contribution in [0.1, 0.15) is 36.5 Å². The highest BCUT2D eigenvalue weighted by molar-refractivity contribution is 7.17. The van der Waals surface area contributed by atoms with E-state index in [0.29, 0.717) is 11.3 Å². The number of nitrogens with zero attached hydrogens (tertiary/aromatic N) is 1. The molecule has 5 nitrogen and oxygen atoms in total. The van der Waals surface area contributed by atoms with Crippen LogP contribution in [0, 0.1) is 5.41 Å². The van der Waals surface area contributed by atoms with E-state index in [9.17, 15) is 13.6 Å². The SMILES string of the molecule is CN1C(=N)N[C@](C)(c2ccc3scc(N)c3c2)C(c2ccc(C(C)(F)F)cc2)C1=O. The smallest absolute Gasteiger partial charge is 0.270 e. The topological polar surface area (TPSA) is 82.2 Å². The van der Waals surface area contributed by atoms with Crippen LogP contribution in [0.4, 0.5) is 14.5 Å². The maximum absolute atomic E-state index is 13.7. The molecule has 8 heteroatoms. The van der Waals surface area contributed by atoms with E-state index in [-0.39, 0.29) is 17.4 Å². The van der Waals surface area contributed by atoms with E-state index in [0.717, 1.165) is 22.6 Å². The number of likely N-dealkylation sites (N-methyl/N-ethyl adjacent to an activating group) is 1. The molecule has 0 saturated carbocycles. The fraction of sp³-hybridized carbons (Fsp3) is 0.273. The molecule has 1 saturated heterocycles. The van der Waals surface area contributed by atoms with E-state index >= 15 is 0 Å². The standard InChI is InChI=1S/C22H22F2N4OS/c1-21(14-8-9-17-15(10-14)16(25)11-30-17)18(19(29)28(3)20(26)27-21)12-4-6-13(7-5-12)22(2,23)24/h4-11,18H,25H2,1-3H3,(H2,26,27)/t18?,21-/m1/s1. The van der Waals surface area contributed by atoms with Crippen LogP contribution >= 0.6 is 11.3 Å². The molecule has 156 valence electrons. The second-order valence-electron chi connectivity index (χ2n) is 7.92. The quantitative estimate of drug-likeness (QED) is 0.571. The number of benzene rings is 2. The normalized spacial score (nSPS) is 22.4. The lowest BCUT2D eigenvalue weighted by Crippen LogP contribution is -2.62. The van der Waals surface area contributed by atoms with Gasteiger partial charge in [0, 0.05) is 35.0 Å². The third-order valence-corrected chi connectivity index (χ3v) is 6.80. The van der Waals surface area contributed by atoms with Crippen molar-refractivity contribution < 1.29 is 13.6 Å². The third-order valence-electron chi connectivity index (χ3n) is 5.82. The number of alkyl halides is 2. The highest BCUT2D eigenvalue weighted by Gasteiger charge is 2.48. The summed E-state index contributed by atoms with van der Waals surface area (Å²) in [7, 11) is 1.53. The maximum atomic E-state index is 13.7. The zero-order valence-electron chi connectivity index (χ0n) is 16.8. The molecule has 3 aromatic rings. The van der Waals surface area contributed by atoms with Crippen LogP contribution in [0.25, 0.3) is 10.1 Å². The van der Waals surface area contributed by atoms with E-state index in [1.807, 2.05) is 30.5 Å². The number of hydrogen-bond donors (Lipinski definition) is 3. The van der Waals surface area contributed by atoms with E-state index in [1.165, 1.54) is 35.4 Å². The monoisotopic (exact) mass is 428 g/mol. The van der Waals surface area contributed by atoms with Gasteiger partial charge in [-0.3, -0.25) is 15.1 Å². The molecule has 1 amide bonds. The molecule has 1 aromatic heterocycles. The molecule has 0 spiro atoms. The fourth-order valence-corrected chi connectivity index (χ4v) is 4.84. The van der Waals surface area contributed by atoms with Gasteiger partial charge in [-0.25, -0.2) is 8.78 Å². The molecule has 2 aromatic carbocycles.